The van der Waals surface area contributed by atoms with Gasteiger partial charge in [-0.25, -0.2) is 8.42 Å². The average Bonchev–Trinajstić information content (AvgIpc) is 3.18. The van der Waals surface area contributed by atoms with Gasteiger partial charge in [0, 0.05) is 31.5 Å². The molecule has 1 atom stereocenters. The third-order valence-corrected chi connectivity index (χ3v) is 6.93. The van der Waals surface area contributed by atoms with E-state index in [9.17, 15) is 18.5 Å². The summed E-state index contributed by atoms with van der Waals surface area (Å²) in [5, 5.41) is 9.20. The molecule has 1 aliphatic heterocycles. The van der Waals surface area contributed by atoms with E-state index in [1.807, 2.05) is 0 Å². The van der Waals surface area contributed by atoms with Crippen LogP contribution in [0.1, 0.15) is 31.9 Å². The number of nitrogens with zero attached hydrogens (tertiary/aromatic N) is 3. The molecular weight excluding hydrogens is 402 g/mol. The third kappa shape index (κ3) is 5.20. The Morgan fingerprint density at radius 2 is 2.03 bits per heavy atom. The number of anilines is 1. The van der Waals surface area contributed by atoms with E-state index >= 15 is 0 Å². The highest BCUT2D eigenvalue weighted by Gasteiger charge is 2.31. The highest BCUT2D eigenvalue weighted by Crippen LogP contribution is 2.19. The number of likely N-dealkylation sites (tertiary alicyclic amines) is 1. The lowest BCUT2D eigenvalue weighted by Gasteiger charge is -2.33. The van der Waals surface area contributed by atoms with Gasteiger partial charge in [0.25, 0.3) is 0 Å². The monoisotopic (exact) mass is 429 g/mol. The molecule has 1 aliphatic rings. The van der Waals surface area contributed by atoms with Crippen molar-refractivity contribution in [3.63, 3.8) is 0 Å². The number of sulfonamides is 1. The number of aryl methyl sites for hydroxylation is 1. The zero-order chi connectivity index (χ0) is 21.7. The second-order valence-electron chi connectivity index (χ2n) is 7.74. The smallest absolute Gasteiger partial charge is 0.241 e. The van der Waals surface area contributed by atoms with Gasteiger partial charge in [-0.15, -0.1) is 0 Å². The molecule has 1 fully saturated rings. The molecule has 1 amide bonds. The summed E-state index contributed by atoms with van der Waals surface area (Å²) in [6.45, 7) is 3.72. The lowest BCUT2D eigenvalue weighted by molar-refractivity contribution is -0.134. The normalized spacial score (nSPS) is 16.2. The fourth-order valence-electron chi connectivity index (χ4n) is 3.60. The van der Waals surface area contributed by atoms with Crippen LogP contribution in [0.2, 0.25) is 0 Å². The van der Waals surface area contributed by atoms with Crippen LogP contribution >= 0.6 is 0 Å². The number of nitrogen functional groups attached to an aromatic ring is 1. The zero-order valence-corrected chi connectivity index (χ0v) is 17.8. The number of amides is 1. The molecule has 3 rings (SSSR count). The van der Waals surface area contributed by atoms with Gasteiger partial charge in [0.2, 0.25) is 15.9 Å². The Balaban J connectivity index is 1.81. The number of hydrogen-bond acceptors (Lipinski definition) is 5. The van der Waals surface area contributed by atoms with E-state index in [4.69, 9.17) is 5.73 Å². The molecule has 30 heavy (non-hydrogen) atoms. The van der Waals surface area contributed by atoms with E-state index < -0.39 is 16.1 Å². The fraction of sp³-hybridized carbons (Fsp3) is 0.429. The van der Waals surface area contributed by atoms with E-state index in [0.29, 0.717) is 36.9 Å². The van der Waals surface area contributed by atoms with Gasteiger partial charge in [-0.3, -0.25) is 4.79 Å². The van der Waals surface area contributed by atoms with Crippen molar-refractivity contribution >= 4 is 21.6 Å². The van der Waals surface area contributed by atoms with Crippen LogP contribution in [0.4, 0.5) is 5.69 Å². The Hall–Kier alpha value is -2.83. The van der Waals surface area contributed by atoms with Crippen molar-refractivity contribution in [3.05, 3.63) is 48.3 Å². The first-order chi connectivity index (χ1) is 14.3. The first kappa shape index (κ1) is 21.9. The SMILES string of the molecule is CC1CCN(C(=O)C(CCn2cccc2C#N)NS(=O)(=O)c2cccc(N)c2)CC1. The van der Waals surface area contributed by atoms with Gasteiger partial charge in [0.05, 0.1) is 4.90 Å². The van der Waals surface area contributed by atoms with Crippen molar-refractivity contribution in [2.75, 3.05) is 18.8 Å². The van der Waals surface area contributed by atoms with E-state index in [0.717, 1.165) is 12.8 Å². The van der Waals surface area contributed by atoms with Crippen LogP contribution in [-0.4, -0.2) is 42.9 Å². The Labute approximate surface area is 177 Å². The summed E-state index contributed by atoms with van der Waals surface area (Å²) in [4.78, 5) is 14.9. The van der Waals surface area contributed by atoms with Crippen molar-refractivity contribution in [2.24, 2.45) is 5.92 Å². The summed E-state index contributed by atoms with van der Waals surface area (Å²) in [5.41, 5.74) is 6.52. The molecule has 1 aromatic heterocycles. The number of benzene rings is 1. The van der Waals surface area contributed by atoms with Crippen LogP contribution in [0.3, 0.4) is 0 Å². The molecule has 0 spiro atoms. The molecule has 1 aromatic carbocycles. The second kappa shape index (κ2) is 9.32. The maximum atomic E-state index is 13.2. The van der Waals surface area contributed by atoms with Crippen LogP contribution in [0.25, 0.3) is 0 Å². The molecule has 1 saturated heterocycles. The van der Waals surface area contributed by atoms with E-state index in [2.05, 4.69) is 17.7 Å². The second-order valence-corrected chi connectivity index (χ2v) is 9.46. The quantitative estimate of drug-likeness (QED) is 0.652. The largest absolute Gasteiger partial charge is 0.399 e. The number of hydrogen-bond donors (Lipinski definition) is 2. The number of aromatic nitrogens is 1. The number of piperidine rings is 1. The predicted molar refractivity (Wildman–Crippen MR) is 114 cm³/mol. The molecule has 0 radical (unpaired) electrons. The van der Waals surface area contributed by atoms with Gasteiger partial charge in [0.15, 0.2) is 0 Å². The number of rotatable bonds is 7. The zero-order valence-electron chi connectivity index (χ0n) is 17.0. The van der Waals surface area contributed by atoms with Crippen LogP contribution in [0, 0.1) is 17.2 Å². The number of carbonyl (C=O) groups is 1. The van der Waals surface area contributed by atoms with Crippen LogP contribution < -0.4 is 10.5 Å². The lowest BCUT2D eigenvalue weighted by Crippen LogP contribution is -2.50. The molecule has 9 heteroatoms. The molecule has 160 valence electrons. The molecule has 2 heterocycles. The van der Waals surface area contributed by atoms with E-state index in [1.54, 1.807) is 39.9 Å². The summed E-state index contributed by atoms with van der Waals surface area (Å²) in [6.07, 6.45) is 3.78. The molecule has 0 aliphatic carbocycles. The van der Waals surface area contributed by atoms with Crippen LogP contribution in [0.15, 0.2) is 47.5 Å². The van der Waals surface area contributed by atoms with Gasteiger partial charge in [-0.05, 0) is 55.5 Å². The van der Waals surface area contributed by atoms with Gasteiger partial charge in [-0.2, -0.15) is 9.98 Å². The van der Waals surface area contributed by atoms with E-state index in [-0.39, 0.29) is 17.2 Å². The van der Waals surface area contributed by atoms with Crippen LogP contribution in [-0.2, 0) is 21.4 Å². The van der Waals surface area contributed by atoms with E-state index in [1.165, 1.54) is 12.1 Å². The minimum absolute atomic E-state index is 0.0197. The molecule has 8 nitrogen and oxygen atoms in total. The third-order valence-electron chi connectivity index (χ3n) is 5.46. The van der Waals surface area contributed by atoms with Crippen molar-refractivity contribution in [2.45, 2.75) is 43.7 Å². The fourth-order valence-corrected chi connectivity index (χ4v) is 4.88. The number of carbonyl (C=O) groups excluding carboxylic acids is 1. The summed E-state index contributed by atoms with van der Waals surface area (Å²) >= 11 is 0. The standard InChI is InChI=1S/C21H27N5O3S/c1-16-7-11-26(12-8-16)21(27)20(9-13-25-10-3-5-18(25)15-22)24-30(28,29)19-6-2-4-17(23)14-19/h2-6,10,14,16,20,24H,7-9,11-13,23H2,1H3. The number of nitriles is 1. The topological polar surface area (TPSA) is 121 Å². The van der Waals surface area contributed by atoms with Crippen molar-refractivity contribution in [3.8, 4) is 6.07 Å². The number of nitrogens with two attached hydrogens (primary N) is 1. The minimum Gasteiger partial charge on any atom is -0.399 e. The summed E-state index contributed by atoms with van der Waals surface area (Å²) in [6, 6.07) is 10.6. The van der Waals surface area contributed by atoms with Gasteiger partial charge >= 0.3 is 0 Å². The summed E-state index contributed by atoms with van der Waals surface area (Å²) in [7, 11) is -3.93. The highest BCUT2D eigenvalue weighted by molar-refractivity contribution is 7.89. The average molecular weight is 430 g/mol. The predicted octanol–water partition coefficient (Wildman–Crippen LogP) is 1.94. The Kier molecular flexibility index (Phi) is 6.80. The van der Waals surface area contributed by atoms with Crippen LogP contribution in [0.5, 0.6) is 0 Å². The first-order valence-electron chi connectivity index (χ1n) is 10.0. The van der Waals surface area contributed by atoms with Crippen molar-refractivity contribution < 1.29 is 13.2 Å². The van der Waals surface area contributed by atoms with Crippen molar-refractivity contribution in [1.29, 1.82) is 5.26 Å². The molecule has 3 N–H and O–H groups in total. The maximum Gasteiger partial charge on any atom is 0.241 e. The summed E-state index contributed by atoms with van der Waals surface area (Å²) < 4.78 is 30.1. The molecule has 1 unspecified atom stereocenters. The molecule has 2 aromatic rings. The summed E-state index contributed by atoms with van der Waals surface area (Å²) in [5.74, 6) is 0.314. The Morgan fingerprint density at radius 3 is 2.70 bits per heavy atom. The number of nitrogens with one attached hydrogen (secondary N) is 1. The minimum atomic E-state index is -3.93. The van der Waals surface area contributed by atoms with Gasteiger partial charge in [0.1, 0.15) is 17.8 Å². The first-order valence-corrected chi connectivity index (χ1v) is 11.5. The lowest BCUT2D eigenvalue weighted by atomic mass is 9.98. The van der Waals surface area contributed by atoms with Gasteiger partial charge < -0.3 is 15.2 Å². The van der Waals surface area contributed by atoms with Crippen molar-refractivity contribution in [1.82, 2.24) is 14.2 Å². The highest BCUT2D eigenvalue weighted by atomic mass is 32.2. The molecule has 0 bridgehead atoms. The Morgan fingerprint density at radius 1 is 1.30 bits per heavy atom. The van der Waals surface area contributed by atoms with Gasteiger partial charge in [-0.1, -0.05) is 13.0 Å². The maximum absolute atomic E-state index is 13.2. The molecular formula is C21H27N5O3S. The Bertz CT molecular complexity index is 1030. The molecule has 0 saturated carbocycles.